The highest BCUT2D eigenvalue weighted by molar-refractivity contribution is 7.13. The number of nitrogens with one attached hydrogen (secondary N) is 1. The summed E-state index contributed by atoms with van der Waals surface area (Å²) in [6.07, 6.45) is 7.11. The smallest absolute Gasteiger partial charge is 0.116 e. The maximum atomic E-state index is 4.23. The van der Waals surface area contributed by atoms with Crippen LogP contribution in [0.2, 0.25) is 0 Å². The van der Waals surface area contributed by atoms with Crippen molar-refractivity contribution in [3.8, 4) is 10.4 Å². The van der Waals surface area contributed by atoms with Crippen LogP contribution in [0.15, 0.2) is 30.4 Å². The van der Waals surface area contributed by atoms with Crippen LogP contribution in [0.5, 0.6) is 0 Å². The normalized spacial score (nSPS) is 10.9. The standard InChI is InChI=1S/C9H6N4S/c1-6(8-3-11-5-14-8)9-7(12-1)2-10-4-13-9/h1-5,12H. The molecular formula is C9H6N4S. The topological polar surface area (TPSA) is 54.5 Å². The van der Waals surface area contributed by atoms with Crippen LogP contribution < -0.4 is 0 Å². The number of hydrogen-bond acceptors (Lipinski definition) is 4. The van der Waals surface area contributed by atoms with Crippen molar-refractivity contribution in [2.75, 3.05) is 0 Å². The third-order valence-corrected chi connectivity index (χ3v) is 2.84. The lowest BCUT2D eigenvalue weighted by molar-refractivity contribution is 1.22. The molecular weight excluding hydrogens is 196 g/mol. The Morgan fingerprint density at radius 1 is 1.21 bits per heavy atom. The minimum absolute atomic E-state index is 0.948. The molecule has 3 aromatic heterocycles. The summed E-state index contributed by atoms with van der Waals surface area (Å²) in [5.74, 6) is 0. The lowest BCUT2D eigenvalue weighted by atomic mass is 10.2. The highest BCUT2D eigenvalue weighted by atomic mass is 32.1. The molecule has 3 rings (SSSR count). The fourth-order valence-corrected chi connectivity index (χ4v) is 2.04. The Balaban J connectivity index is 2.33. The largest absolute Gasteiger partial charge is 0.358 e. The molecule has 0 atom stereocenters. The van der Waals surface area contributed by atoms with Gasteiger partial charge in [-0.3, -0.25) is 4.98 Å². The first-order valence-corrected chi connectivity index (χ1v) is 4.99. The van der Waals surface area contributed by atoms with Gasteiger partial charge in [-0.25, -0.2) is 9.97 Å². The van der Waals surface area contributed by atoms with Gasteiger partial charge >= 0.3 is 0 Å². The zero-order valence-electron chi connectivity index (χ0n) is 7.14. The second kappa shape index (κ2) is 2.88. The summed E-state index contributed by atoms with van der Waals surface area (Å²) in [7, 11) is 0. The Kier molecular flexibility index (Phi) is 1.57. The fraction of sp³-hybridized carbons (Fsp3) is 0. The van der Waals surface area contributed by atoms with Crippen LogP contribution in [0, 0.1) is 0 Å². The van der Waals surface area contributed by atoms with Crippen molar-refractivity contribution >= 4 is 22.4 Å². The molecule has 0 aliphatic heterocycles. The highest BCUT2D eigenvalue weighted by Crippen LogP contribution is 2.28. The van der Waals surface area contributed by atoms with Gasteiger partial charge in [0.05, 0.1) is 22.1 Å². The molecule has 3 aromatic rings. The first-order chi connectivity index (χ1) is 6.95. The van der Waals surface area contributed by atoms with E-state index >= 15 is 0 Å². The Hall–Kier alpha value is -1.75. The number of fused-ring (bicyclic) bond motifs is 1. The molecule has 0 fully saturated rings. The number of thiazole rings is 1. The summed E-state index contributed by atoms with van der Waals surface area (Å²) >= 11 is 1.60. The number of H-pyrrole nitrogens is 1. The summed E-state index contributed by atoms with van der Waals surface area (Å²) < 4.78 is 0. The second-order valence-corrected chi connectivity index (χ2v) is 3.74. The van der Waals surface area contributed by atoms with Crippen LogP contribution >= 0.6 is 11.3 Å². The summed E-state index contributed by atoms with van der Waals surface area (Å²) in [5.41, 5.74) is 4.81. The Labute approximate surface area is 83.7 Å². The molecule has 0 amide bonds. The van der Waals surface area contributed by atoms with Crippen molar-refractivity contribution in [2.45, 2.75) is 0 Å². The minimum atomic E-state index is 0.948. The van der Waals surface area contributed by atoms with Crippen molar-refractivity contribution in [3.05, 3.63) is 30.4 Å². The first-order valence-electron chi connectivity index (χ1n) is 4.11. The lowest BCUT2D eigenvalue weighted by Crippen LogP contribution is -1.77. The Morgan fingerprint density at radius 2 is 2.21 bits per heavy atom. The summed E-state index contributed by atoms with van der Waals surface area (Å²) in [6.45, 7) is 0. The molecule has 0 saturated carbocycles. The van der Waals surface area contributed by atoms with E-state index in [2.05, 4.69) is 19.9 Å². The van der Waals surface area contributed by atoms with E-state index in [0.29, 0.717) is 0 Å². The van der Waals surface area contributed by atoms with Crippen LogP contribution in [0.1, 0.15) is 0 Å². The van der Waals surface area contributed by atoms with E-state index in [1.54, 1.807) is 23.9 Å². The van der Waals surface area contributed by atoms with Gasteiger partial charge in [0.25, 0.3) is 0 Å². The summed E-state index contributed by atoms with van der Waals surface area (Å²) in [4.78, 5) is 16.5. The average molecular weight is 202 g/mol. The van der Waals surface area contributed by atoms with Gasteiger partial charge in [-0.2, -0.15) is 0 Å². The van der Waals surface area contributed by atoms with Crippen molar-refractivity contribution in [3.63, 3.8) is 0 Å². The van der Waals surface area contributed by atoms with E-state index in [1.165, 1.54) is 0 Å². The average Bonchev–Trinajstić information content (AvgIpc) is 2.85. The number of aromatic amines is 1. The SMILES string of the molecule is c1ncc2[nH]cc(-c3cncs3)c2n1. The zero-order chi connectivity index (χ0) is 9.38. The predicted molar refractivity (Wildman–Crippen MR) is 55.0 cm³/mol. The van der Waals surface area contributed by atoms with E-state index < -0.39 is 0 Å². The maximum absolute atomic E-state index is 4.23. The van der Waals surface area contributed by atoms with Crippen molar-refractivity contribution in [1.29, 1.82) is 0 Å². The second-order valence-electron chi connectivity index (χ2n) is 2.85. The molecule has 14 heavy (non-hydrogen) atoms. The van der Waals surface area contributed by atoms with E-state index in [9.17, 15) is 0 Å². The van der Waals surface area contributed by atoms with Gasteiger partial charge in [0.2, 0.25) is 0 Å². The molecule has 0 spiro atoms. The van der Waals surface area contributed by atoms with Crippen LogP contribution in [0.4, 0.5) is 0 Å². The molecule has 3 heterocycles. The fourth-order valence-electron chi connectivity index (χ4n) is 1.40. The molecule has 0 unspecified atom stereocenters. The van der Waals surface area contributed by atoms with E-state index in [-0.39, 0.29) is 0 Å². The number of nitrogens with zero attached hydrogens (tertiary/aromatic N) is 3. The van der Waals surface area contributed by atoms with Gasteiger partial charge < -0.3 is 4.98 Å². The van der Waals surface area contributed by atoms with Gasteiger partial charge in [0.1, 0.15) is 11.8 Å². The van der Waals surface area contributed by atoms with Gasteiger partial charge in [-0.1, -0.05) is 0 Å². The molecule has 0 saturated heterocycles. The lowest BCUT2D eigenvalue weighted by Gasteiger charge is -1.90. The number of rotatable bonds is 1. The molecule has 0 bridgehead atoms. The Bertz CT molecular complexity index is 555. The molecule has 0 aliphatic rings. The summed E-state index contributed by atoms with van der Waals surface area (Å²) in [6, 6.07) is 0. The monoisotopic (exact) mass is 202 g/mol. The van der Waals surface area contributed by atoms with Gasteiger partial charge in [-0.05, 0) is 0 Å². The highest BCUT2D eigenvalue weighted by Gasteiger charge is 2.07. The molecule has 4 nitrogen and oxygen atoms in total. The molecule has 5 heteroatoms. The molecule has 0 aliphatic carbocycles. The van der Waals surface area contributed by atoms with Crippen LogP contribution in [-0.2, 0) is 0 Å². The van der Waals surface area contributed by atoms with E-state index in [0.717, 1.165) is 21.5 Å². The molecule has 68 valence electrons. The van der Waals surface area contributed by atoms with Gasteiger partial charge in [-0.15, -0.1) is 11.3 Å². The summed E-state index contributed by atoms with van der Waals surface area (Å²) in [5, 5.41) is 0. The van der Waals surface area contributed by atoms with Crippen LogP contribution in [0.25, 0.3) is 21.5 Å². The number of hydrogen-bond donors (Lipinski definition) is 1. The molecule has 1 N–H and O–H groups in total. The zero-order valence-corrected chi connectivity index (χ0v) is 7.95. The van der Waals surface area contributed by atoms with Gasteiger partial charge in [0, 0.05) is 18.0 Å². The van der Waals surface area contributed by atoms with E-state index in [4.69, 9.17) is 0 Å². The predicted octanol–water partition coefficient (Wildman–Crippen LogP) is 2.08. The molecule has 0 aromatic carbocycles. The van der Waals surface area contributed by atoms with Crippen molar-refractivity contribution in [2.24, 2.45) is 0 Å². The number of aromatic nitrogens is 4. The first kappa shape index (κ1) is 7.64. The third-order valence-electron chi connectivity index (χ3n) is 2.04. The molecule has 0 radical (unpaired) electrons. The van der Waals surface area contributed by atoms with Gasteiger partial charge in [0.15, 0.2) is 0 Å². The Morgan fingerprint density at radius 3 is 3.07 bits per heavy atom. The van der Waals surface area contributed by atoms with E-state index in [1.807, 2.05) is 17.9 Å². The van der Waals surface area contributed by atoms with Crippen molar-refractivity contribution < 1.29 is 0 Å². The minimum Gasteiger partial charge on any atom is -0.358 e. The van der Waals surface area contributed by atoms with Crippen LogP contribution in [0.3, 0.4) is 0 Å². The third kappa shape index (κ3) is 1.03. The maximum Gasteiger partial charge on any atom is 0.116 e. The van der Waals surface area contributed by atoms with Crippen molar-refractivity contribution in [1.82, 2.24) is 19.9 Å². The quantitative estimate of drug-likeness (QED) is 0.657. The van der Waals surface area contributed by atoms with Crippen LogP contribution in [-0.4, -0.2) is 19.9 Å².